The number of hydrogen-bond acceptors (Lipinski definition) is 4. The van der Waals surface area contributed by atoms with E-state index in [1.54, 1.807) is 7.05 Å². The van der Waals surface area contributed by atoms with Gasteiger partial charge < -0.3 is 9.32 Å². The number of aryl methyl sites for hydroxylation is 1. The Morgan fingerprint density at radius 3 is 2.96 bits per heavy atom. The van der Waals surface area contributed by atoms with Crippen molar-refractivity contribution >= 4 is 28.5 Å². The van der Waals surface area contributed by atoms with Crippen molar-refractivity contribution in [1.29, 1.82) is 0 Å². The fraction of sp³-hybridized carbons (Fsp3) is 0.278. The third kappa shape index (κ3) is 2.45. The van der Waals surface area contributed by atoms with Crippen LogP contribution in [0.4, 0.5) is 5.69 Å². The van der Waals surface area contributed by atoms with Gasteiger partial charge in [-0.25, -0.2) is 4.79 Å². The van der Waals surface area contributed by atoms with Crippen LogP contribution in [0.25, 0.3) is 11.1 Å². The summed E-state index contributed by atoms with van der Waals surface area (Å²) >= 11 is 1.91. The van der Waals surface area contributed by atoms with E-state index in [0.29, 0.717) is 11.6 Å². The molecule has 0 bridgehead atoms. The van der Waals surface area contributed by atoms with Gasteiger partial charge in [-0.1, -0.05) is 18.2 Å². The van der Waals surface area contributed by atoms with Gasteiger partial charge in [0.2, 0.25) is 0 Å². The van der Waals surface area contributed by atoms with E-state index in [0.717, 1.165) is 23.4 Å². The Morgan fingerprint density at radius 2 is 2.09 bits per heavy atom. The summed E-state index contributed by atoms with van der Waals surface area (Å²) in [5, 5.41) is 0. The molecule has 0 N–H and O–H groups in total. The molecule has 1 aliphatic heterocycles. The van der Waals surface area contributed by atoms with Crippen molar-refractivity contribution in [3.8, 4) is 0 Å². The number of oxazole rings is 1. The predicted molar refractivity (Wildman–Crippen MR) is 94.3 cm³/mol. The maximum absolute atomic E-state index is 11.6. The van der Waals surface area contributed by atoms with Gasteiger partial charge in [-0.05, 0) is 36.8 Å². The summed E-state index contributed by atoms with van der Waals surface area (Å²) in [7, 11) is 1.73. The molecule has 1 atom stereocenters. The van der Waals surface area contributed by atoms with Crippen LogP contribution in [-0.4, -0.2) is 16.4 Å². The lowest BCUT2D eigenvalue weighted by Gasteiger charge is -2.36. The molecule has 0 spiro atoms. The van der Waals surface area contributed by atoms with Crippen molar-refractivity contribution in [1.82, 2.24) is 4.57 Å². The van der Waals surface area contributed by atoms with E-state index in [-0.39, 0.29) is 5.76 Å². The summed E-state index contributed by atoms with van der Waals surface area (Å²) < 4.78 is 6.85. The Labute approximate surface area is 138 Å². The minimum atomic E-state index is -0.315. The number of hydrogen-bond donors (Lipinski definition) is 0. The minimum absolute atomic E-state index is 0.315. The van der Waals surface area contributed by atoms with Gasteiger partial charge in [-0.2, -0.15) is 0 Å². The molecule has 1 aromatic heterocycles. The summed E-state index contributed by atoms with van der Waals surface area (Å²) in [4.78, 5) is 15.4. The molecule has 0 saturated heterocycles. The largest absolute Gasteiger partial charge is 0.419 e. The van der Waals surface area contributed by atoms with E-state index >= 15 is 0 Å². The lowest BCUT2D eigenvalue weighted by molar-refractivity contribution is 0.527. The second-order valence-corrected chi connectivity index (χ2v) is 7.05. The highest BCUT2D eigenvalue weighted by molar-refractivity contribution is 7.99. The Bertz CT molecular complexity index is 928. The monoisotopic (exact) mass is 326 g/mol. The molecule has 4 rings (SSSR count). The fourth-order valence-corrected chi connectivity index (χ4v) is 4.18. The van der Waals surface area contributed by atoms with E-state index in [2.05, 4.69) is 42.2 Å². The van der Waals surface area contributed by atoms with Crippen molar-refractivity contribution < 1.29 is 4.42 Å². The van der Waals surface area contributed by atoms with Gasteiger partial charge in [0, 0.05) is 30.3 Å². The van der Waals surface area contributed by atoms with Gasteiger partial charge in [-0.15, -0.1) is 11.8 Å². The molecule has 0 radical (unpaired) electrons. The van der Waals surface area contributed by atoms with Crippen molar-refractivity contribution in [2.45, 2.75) is 24.4 Å². The van der Waals surface area contributed by atoms with Gasteiger partial charge >= 0.3 is 5.76 Å². The lowest BCUT2D eigenvalue weighted by atomic mass is 10.1. The predicted octanol–water partition coefficient (Wildman–Crippen LogP) is 3.63. The first kappa shape index (κ1) is 14.5. The summed E-state index contributed by atoms with van der Waals surface area (Å²) in [5.74, 6) is 0.768. The maximum Gasteiger partial charge on any atom is 0.419 e. The van der Waals surface area contributed by atoms with Crippen LogP contribution in [0.3, 0.4) is 0 Å². The van der Waals surface area contributed by atoms with Gasteiger partial charge in [0.15, 0.2) is 5.58 Å². The quantitative estimate of drug-likeness (QED) is 0.721. The van der Waals surface area contributed by atoms with E-state index in [9.17, 15) is 4.79 Å². The van der Waals surface area contributed by atoms with Crippen LogP contribution in [0.5, 0.6) is 0 Å². The summed E-state index contributed by atoms with van der Waals surface area (Å²) in [6.07, 6.45) is 0. The second kappa shape index (κ2) is 5.49. The molecule has 5 heteroatoms. The van der Waals surface area contributed by atoms with Gasteiger partial charge in [0.25, 0.3) is 0 Å². The van der Waals surface area contributed by atoms with Crippen LogP contribution in [0.15, 0.2) is 56.6 Å². The van der Waals surface area contributed by atoms with Gasteiger partial charge in [-0.3, -0.25) is 4.57 Å². The zero-order valence-corrected chi connectivity index (χ0v) is 14.0. The number of anilines is 1. The Hall–Kier alpha value is -2.14. The topological polar surface area (TPSA) is 38.4 Å². The zero-order valence-electron chi connectivity index (χ0n) is 13.2. The van der Waals surface area contributed by atoms with Crippen molar-refractivity contribution in [3.05, 3.63) is 58.6 Å². The van der Waals surface area contributed by atoms with Crippen LogP contribution >= 0.6 is 11.8 Å². The molecule has 0 fully saturated rings. The summed E-state index contributed by atoms with van der Waals surface area (Å²) in [6, 6.07) is 15.0. The van der Waals surface area contributed by atoms with Crippen molar-refractivity contribution in [2.75, 3.05) is 10.7 Å². The Morgan fingerprint density at radius 1 is 1.26 bits per heavy atom. The molecule has 0 aliphatic carbocycles. The average Bonchev–Trinajstić information content (AvgIpc) is 2.84. The maximum atomic E-state index is 11.6. The molecule has 23 heavy (non-hydrogen) atoms. The smallest absolute Gasteiger partial charge is 0.408 e. The van der Waals surface area contributed by atoms with Gasteiger partial charge in [0.05, 0.1) is 11.2 Å². The molecule has 0 saturated carbocycles. The minimum Gasteiger partial charge on any atom is -0.408 e. The Kier molecular flexibility index (Phi) is 3.45. The first-order valence-electron chi connectivity index (χ1n) is 7.70. The molecule has 2 aromatic carbocycles. The number of fused-ring (bicyclic) bond motifs is 2. The molecular weight excluding hydrogens is 308 g/mol. The number of para-hydroxylation sites is 1. The van der Waals surface area contributed by atoms with Crippen LogP contribution in [0.1, 0.15) is 12.5 Å². The van der Waals surface area contributed by atoms with Crippen molar-refractivity contribution in [2.24, 2.45) is 7.05 Å². The van der Waals surface area contributed by atoms with Crippen molar-refractivity contribution in [3.63, 3.8) is 0 Å². The molecule has 1 aliphatic rings. The summed E-state index contributed by atoms with van der Waals surface area (Å²) in [6.45, 7) is 3.07. The van der Waals surface area contributed by atoms with Crippen LogP contribution in [0, 0.1) is 0 Å². The highest BCUT2D eigenvalue weighted by Gasteiger charge is 2.23. The standard InChI is InChI=1S/C18H18N2O2S/c1-12-11-23-17-6-4-3-5-15(17)20(12)10-13-7-8-14-16(9-13)22-18(21)19(14)2/h3-9,12H,10-11H2,1-2H3. The molecule has 0 amide bonds. The second-order valence-electron chi connectivity index (χ2n) is 5.98. The fourth-order valence-electron chi connectivity index (χ4n) is 3.07. The normalized spacial score (nSPS) is 17.5. The van der Waals surface area contributed by atoms with Crippen LogP contribution in [-0.2, 0) is 13.6 Å². The molecule has 118 valence electrons. The highest BCUT2D eigenvalue weighted by Crippen LogP contribution is 2.38. The number of aromatic nitrogens is 1. The lowest BCUT2D eigenvalue weighted by Crippen LogP contribution is -2.37. The van der Waals surface area contributed by atoms with E-state index in [1.807, 2.05) is 23.9 Å². The summed E-state index contributed by atoms with van der Waals surface area (Å²) in [5.41, 5.74) is 3.93. The first-order chi connectivity index (χ1) is 11.1. The number of nitrogens with zero attached hydrogens (tertiary/aromatic N) is 2. The third-order valence-corrected chi connectivity index (χ3v) is 5.70. The molecule has 1 unspecified atom stereocenters. The number of thioether (sulfide) groups is 1. The van der Waals surface area contributed by atoms with E-state index in [1.165, 1.54) is 15.1 Å². The first-order valence-corrected chi connectivity index (χ1v) is 8.69. The van der Waals surface area contributed by atoms with Gasteiger partial charge in [0.1, 0.15) is 0 Å². The molecule has 2 heterocycles. The molecule has 4 nitrogen and oxygen atoms in total. The highest BCUT2D eigenvalue weighted by atomic mass is 32.2. The molecule has 3 aromatic rings. The number of benzene rings is 2. The van der Waals surface area contributed by atoms with E-state index < -0.39 is 0 Å². The van der Waals surface area contributed by atoms with E-state index in [4.69, 9.17) is 4.42 Å². The SMILES string of the molecule is CC1CSc2ccccc2N1Cc1ccc2c(c1)oc(=O)n2C. The zero-order chi connectivity index (χ0) is 16.0. The number of rotatable bonds is 2. The average molecular weight is 326 g/mol. The third-order valence-electron chi connectivity index (χ3n) is 4.40. The molecular formula is C18H18N2O2S. The van der Waals surface area contributed by atoms with Crippen LogP contribution in [0.2, 0.25) is 0 Å². The van der Waals surface area contributed by atoms with Crippen LogP contribution < -0.4 is 10.7 Å². The Balaban J connectivity index is 1.71.